The molecule has 0 unspecified atom stereocenters. The summed E-state index contributed by atoms with van der Waals surface area (Å²) in [6.45, 7) is 0. The number of anilines is 3. The molecule has 0 aliphatic carbocycles. The lowest BCUT2D eigenvalue weighted by Gasteiger charge is -2.13. The number of methoxy groups -OCH3 is 1. The van der Waals surface area contributed by atoms with Crippen molar-refractivity contribution >= 4 is 40.3 Å². The molecule has 1 heterocycles. The number of nitrogen functional groups attached to an aromatic ring is 3. The molecular weight excluding hydrogens is 278 g/mol. The van der Waals surface area contributed by atoms with Crippen LogP contribution >= 0.6 is 0 Å². The Balaban J connectivity index is 2.89. The molecule has 0 amide bonds. The molecule has 21 heavy (non-hydrogen) atoms. The van der Waals surface area contributed by atoms with E-state index in [9.17, 15) is 9.59 Å². The lowest BCUT2D eigenvalue weighted by Crippen LogP contribution is -2.13. The fraction of sp³-hybridized carbons (Fsp3) is 0.167. The quantitative estimate of drug-likeness (QED) is 0.441. The van der Waals surface area contributed by atoms with Gasteiger partial charge in [-0.2, -0.15) is 4.98 Å². The van der Waals surface area contributed by atoms with Crippen LogP contribution in [-0.2, 0) is 16.0 Å². The van der Waals surface area contributed by atoms with E-state index in [1.165, 1.54) is 13.2 Å². The molecule has 0 radical (unpaired) electrons. The first-order valence-corrected chi connectivity index (χ1v) is 5.79. The van der Waals surface area contributed by atoms with Crippen molar-refractivity contribution in [1.82, 2.24) is 9.97 Å². The van der Waals surface area contributed by atoms with Crippen molar-refractivity contribution < 1.29 is 19.4 Å². The highest BCUT2D eigenvalue weighted by atomic mass is 16.5. The van der Waals surface area contributed by atoms with Crippen LogP contribution < -0.4 is 17.2 Å². The molecular formula is C12H13N5O4. The summed E-state index contributed by atoms with van der Waals surface area (Å²) in [5, 5.41) is 9.20. The van der Waals surface area contributed by atoms with Gasteiger partial charge in [0.25, 0.3) is 0 Å². The van der Waals surface area contributed by atoms with E-state index >= 15 is 0 Å². The number of nitrogens with zero attached hydrogens (tertiary/aromatic N) is 2. The lowest BCUT2D eigenvalue weighted by atomic mass is 10.00. The normalized spacial score (nSPS) is 10.5. The Kier molecular flexibility index (Phi) is 3.49. The van der Waals surface area contributed by atoms with Crippen molar-refractivity contribution in [3.8, 4) is 0 Å². The van der Waals surface area contributed by atoms with E-state index < -0.39 is 11.9 Å². The fourth-order valence-electron chi connectivity index (χ4n) is 2.00. The van der Waals surface area contributed by atoms with E-state index in [-0.39, 0.29) is 45.9 Å². The molecule has 9 nitrogen and oxygen atoms in total. The zero-order valence-corrected chi connectivity index (χ0v) is 11.1. The van der Waals surface area contributed by atoms with Gasteiger partial charge in [0.05, 0.1) is 24.7 Å². The Morgan fingerprint density at radius 1 is 1.29 bits per heavy atom. The first kappa shape index (κ1) is 14.3. The van der Waals surface area contributed by atoms with Gasteiger partial charge in [-0.05, 0) is 11.6 Å². The van der Waals surface area contributed by atoms with Crippen molar-refractivity contribution in [2.24, 2.45) is 0 Å². The van der Waals surface area contributed by atoms with E-state index in [1.807, 2.05) is 0 Å². The van der Waals surface area contributed by atoms with Gasteiger partial charge in [-0.1, -0.05) is 0 Å². The summed E-state index contributed by atoms with van der Waals surface area (Å²) in [5.74, 6) is -1.97. The predicted octanol–water partition coefficient (Wildman–Crippen LogP) is -0.210. The number of hydrogen-bond donors (Lipinski definition) is 4. The molecule has 0 saturated carbocycles. The summed E-state index contributed by atoms with van der Waals surface area (Å²) in [7, 11) is 1.17. The van der Waals surface area contributed by atoms with Crippen LogP contribution in [0.1, 0.15) is 15.9 Å². The second-order valence-corrected chi connectivity index (χ2v) is 4.25. The van der Waals surface area contributed by atoms with Crippen LogP contribution in [0.2, 0.25) is 0 Å². The molecule has 7 N–H and O–H groups in total. The molecule has 0 atom stereocenters. The maximum Gasteiger partial charge on any atom is 0.342 e. The van der Waals surface area contributed by atoms with Gasteiger partial charge in [0, 0.05) is 5.39 Å². The number of aromatic nitrogens is 2. The summed E-state index contributed by atoms with van der Waals surface area (Å²) >= 11 is 0. The van der Waals surface area contributed by atoms with E-state index in [4.69, 9.17) is 22.3 Å². The van der Waals surface area contributed by atoms with Gasteiger partial charge >= 0.3 is 11.9 Å². The van der Waals surface area contributed by atoms with Crippen LogP contribution in [0.4, 0.5) is 17.5 Å². The SMILES string of the molecule is COC(=O)c1c(N)c(CC(=O)O)cc2c(N)nc(N)nc12. The number of benzene rings is 1. The molecule has 1 aromatic carbocycles. The van der Waals surface area contributed by atoms with E-state index in [0.29, 0.717) is 0 Å². The summed E-state index contributed by atoms with van der Waals surface area (Å²) in [5.41, 5.74) is 17.4. The first-order chi connectivity index (χ1) is 9.85. The number of carbonyl (C=O) groups excluding carboxylic acids is 1. The number of ether oxygens (including phenoxy) is 1. The van der Waals surface area contributed by atoms with Crippen molar-refractivity contribution in [3.05, 3.63) is 17.2 Å². The second-order valence-electron chi connectivity index (χ2n) is 4.25. The van der Waals surface area contributed by atoms with Crippen LogP contribution in [0.3, 0.4) is 0 Å². The Hall–Kier alpha value is -3.10. The zero-order valence-electron chi connectivity index (χ0n) is 11.1. The minimum Gasteiger partial charge on any atom is -0.481 e. The molecule has 0 bridgehead atoms. The van der Waals surface area contributed by atoms with Crippen LogP contribution in [0.15, 0.2) is 6.07 Å². The minimum absolute atomic E-state index is 0.0225. The van der Waals surface area contributed by atoms with Gasteiger partial charge in [-0.25, -0.2) is 9.78 Å². The van der Waals surface area contributed by atoms with Gasteiger partial charge in [0.1, 0.15) is 11.4 Å². The molecule has 110 valence electrons. The number of hydrogen-bond acceptors (Lipinski definition) is 8. The van der Waals surface area contributed by atoms with Crippen molar-refractivity contribution in [2.45, 2.75) is 6.42 Å². The average molecular weight is 291 g/mol. The summed E-state index contributed by atoms with van der Waals surface area (Å²) in [6, 6.07) is 1.43. The zero-order chi connectivity index (χ0) is 15.7. The third kappa shape index (κ3) is 2.48. The maximum atomic E-state index is 11.9. The standard InChI is InChI=1S/C12H13N5O4/c1-21-11(20)7-8(13)4(3-6(18)19)2-5-9(7)16-12(15)17-10(5)14/h2H,3,13H2,1H3,(H,18,19)(H4,14,15,16,17). The van der Waals surface area contributed by atoms with Crippen LogP contribution in [-0.4, -0.2) is 34.1 Å². The van der Waals surface area contributed by atoms with Crippen LogP contribution in [0, 0.1) is 0 Å². The Labute approximate surface area is 118 Å². The molecule has 2 rings (SSSR count). The molecule has 1 aromatic heterocycles. The van der Waals surface area contributed by atoms with Gasteiger partial charge in [-0.3, -0.25) is 4.79 Å². The summed E-state index contributed by atoms with van der Waals surface area (Å²) in [6.07, 6.45) is -0.379. The van der Waals surface area contributed by atoms with Crippen molar-refractivity contribution in [1.29, 1.82) is 0 Å². The number of aliphatic carboxylic acids is 1. The third-order valence-electron chi connectivity index (χ3n) is 2.89. The molecule has 0 spiro atoms. The lowest BCUT2D eigenvalue weighted by molar-refractivity contribution is -0.136. The molecule has 0 saturated heterocycles. The Morgan fingerprint density at radius 3 is 2.52 bits per heavy atom. The molecule has 0 fully saturated rings. The van der Waals surface area contributed by atoms with Crippen molar-refractivity contribution in [2.75, 3.05) is 24.3 Å². The Bertz CT molecular complexity index is 759. The Morgan fingerprint density at radius 2 is 1.95 bits per heavy atom. The van der Waals surface area contributed by atoms with Gasteiger partial charge in [0.2, 0.25) is 5.95 Å². The highest BCUT2D eigenvalue weighted by Crippen LogP contribution is 2.31. The maximum absolute atomic E-state index is 11.9. The van der Waals surface area contributed by atoms with Gasteiger partial charge < -0.3 is 27.0 Å². The number of carboxylic acids is 1. The number of carboxylic acid groups (broad SMARTS) is 1. The predicted molar refractivity (Wildman–Crippen MR) is 75.5 cm³/mol. The third-order valence-corrected chi connectivity index (χ3v) is 2.89. The van der Waals surface area contributed by atoms with Gasteiger partial charge in [-0.15, -0.1) is 0 Å². The molecule has 0 aliphatic heterocycles. The van der Waals surface area contributed by atoms with Gasteiger partial charge in [0.15, 0.2) is 0 Å². The first-order valence-electron chi connectivity index (χ1n) is 5.79. The highest BCUT2D eigenvalue weighted by Gasteiger charge is 2.22. The smallest absolute Gasteiger partial charge is 0.342 e. The molecule has 9 heteroatoms. The largest absolute Gasteiger partial charge is 0.481 e. The summed E-state index contributed by atoms with van der Waals surface area (Å²) < 4.78 is 4.66. The number of carbonyl (C=O) groups is 2. The summed E-state index contributed by atoms with van der Waals surface area (Å²) in [4.78, 5) is 30.5. The topological polar surface area (TPSA) is 167 Å². The highest BCUT2D eigenvalue weighted by molar-refractivity contribution is 6.10. The molecule has 0 aliphatic rings. The number of esters is 1. The average Bonchev–Trinajstić information content (AvgIpc) is 2.39. The second kappa shape index (κ2) is 5.12. The minimum atomic E-state index is -1.10. The number of rotatable bonds is 3. The van der Waals surface area contributed by atoms with Crippen LogP contribution in [0.25, 0.3) is 10.9 Å². The molecule has 2 aromatic rings. The van der Waals surface area contributed by atoms with E-state index in [2.05, 4.69) is 14.7 Å². The fourth-order valence-corrected chi connectivity index (χ4v) is 2.00. The number of fused-ring (bicyclic) bond motifs is 1. The van der Waals surface area contributed by atoms with E-state index in [0.717, 1.165) is 0 Å². The van der Waals surface area contributed by atoms with Crippen molar-refractivity contribution in [3.63, 3.8) is 0 Å². The van der Waals surface area contributed by atoms with E-state index in [1.54, 1.807) is 0 Å². The van der Waals surface area contributed by atoms with Crippen LogP contribution in [0.5, 0.6) is 0 Å². The number of nitrogens with two attached hydrogens (primary N) is 3. The monoisotopic (exact) mass is 291 g/mol.